The van der Waals surface area contributed by atoms with Gasteiger partial charge in [0.25, 0.3) is 5.91 Å². The Morgan fingerprint density at radius 3 is 2.43 bits per heavy atom. The molecule has 2 aromatic carbocycles. The van der Waals surface area contributed by atoms with Crippen molar-refractivity contribution in [2.24, 2.45) is 5.73 Å². The Balaban J connectivity index is 1.97. The van der Waals surface area contributed by atoms with Crippen LogP contribution in [0.2, 0.25) is 5.02 Å². The molecular formula is C16H16ClFN2O. The molecule has 0 saturated heterocycles. The third-order valence-corrected chi connectivity index (χ3v) is 3.40. The van der Waals surface area contributed by atoms with Gasteiger partial charge in [-0.2, -0.15) is 0 Å². The highest BCUT2D eigenvalue weighted by Crippen LogP contribution is 2.17. The summed E-state index contributed by atoms with van der Waals surface area (Å²) in [5.74, 6) is -0.793. The predicted molar refractivity (Wildman–Crippen MR) is 81.8 cm³/mol. The van der Waals surface area contributed by atoms with E-state index in [1.807, 2.05) is 24.3 Å². The number of hydrogen-bond acceptors (Lipinski definition) is 2. The van der Waals surface area contributed by atoms with Crippen LogP contribution in [0, 0.1) is 5.82 Å². The largest absolute Gasteiger partial charge is 0.348 e. The summed E-state index contributed by atoms with van der Waals surface area (Å²) in [6, 6.07) is 11.6. The number of carbonyl (C=O) groups is 1. The lowest BCUT2D eigenvalue weighted by molar-refractivity contribution is 0.0951. The lowest BCUT2D eigenvalue weighted by atomic mass is 10.1. The summed E-state index contributed by atoms with van der Waals surface area (Å²) in [5.41, 5.74) is 7.89. The van der Waals surface area contributed by atoms with E-state index in [0.717, 1.165) is 23.6 Å². The second-order valence-electron chi connectivity index (χ2n) is 4.66. The summed E-state index contributed by atoms with van der Waals surface area (Å²) < 4.78 is 12.9. The van der Waals surface area contributed by atoms with E-state index in [9.17, 15) is 9.18 Å². The van der Waals surface area contributed by atoms with Crippen LogP contribution in [0.25, 0.3) is 0 Å². The van der Waals surface area contributed by atoms with Crippen molar-refractivity contribution in [1.82, 2.24) is 5.32 Å². The molecule has 3 nitrogen and oxygen atoms in total. The zero-order chi connectivity index (χ0) is 15.2. The van der Waals surface area contributed by atoms with Gasteiger partial charge in [-0.1, -0.05) is 35.9 Å². The van der Waals surface area contributed by atoms with E-state index in [1.54, 1.807) is 0 Å². The van der Waals surface area contributed by atoms with Crippen LogP contribution in [0.5, 0.6) is 0 Å². The molecule has 2 rings (SSSR count). The average molecular weight is 307 g/mol. The molecule has 0 atom stereocenters. The van der Waals surface area contributed by atoms with E-state index < -0.39 is 5.82 Å². The van der Waals surface area contributed by atoms with Crippen LogP contribution in [0.15, 0.2) is 42.5 Å². The highest BCUT2D eigenvalue weighted by atomic mass is 35.5. The van der Waals surface area contributed by atoms with Crippen molar-refractivity contribution in [3.63, 3.8) is 0 Å². The van der Waals surface area contributed by atoms with Gasteiger partial charge in [-0.15, -0.1) is 0 Å². The Morgan fingerprint density at radius 2 is 1.81 bits per heavy atom. The van der Waals surface area contributed by atoms with E-state index in [4.69, 9.17) is 17.3 Å². The van der Waals surface area contributed by atoms with Crippen LogP contribution in [-0.2, 0) is 13.0 Å². The standard InChI is InChI=1S/C16H16ClFN2O/c17-15-9-13(18)5-6-14(15)16(21)20-10-12-3-1-11(2-4-12)7-8-19/h1-6,9H,7-8,10,19H2,(H,20,21). The van der Waals surface area contributed by atoms with E-state index in [0.29, 0.717) is 13.1 Å². The lowest BCUT2D eigenvalue weighted by Gasteiger charge is -2.08. The maximum Gasteiger partial charge on any atom is 0.253 e. The second-order valence-corrected chi connectivity index (χ2v) is 5.07. The maximum atomic E-state index is 12.9. The van der Waals surface area contributed by atoms with Gasteiger partial charge in [0.05, 0.1) is 10.6 Å². The van der Waals surface area contributed by atoms with Gasteiger partial charge in [0.2, 0.25) is 0 Å². The molecule has 0 unspecified atom stereocenters. The quantitative estimate of drug-likeness (QED) is 0.892. The minimum Gasteiger partial charge on any atom is -0.348 e. The third kappa shape index (κ3) is 4.28. The molecule has 0 aromatic heterocycles. The number of rotatable bonds is 5. The number of halogens is 2. The molecule has 0 aliphatic rings. The Bertz CT molecular complexity index is 629. The first kappa shape index (κ1) is 15.5. The molecule has 0 heterocycles. The van der Waals surface area contributed by atoms with Crippen molar-refractivity contribution < 1.29 is 9.18 Å². The predicted octanol–water partition coefficient (Wildman–Crippen LogP) is 2.91. The number of amides is 1. The fraction of sp³-hybridized carbons (Fsp3) is 0.188. The van der Waals surface area contributed by atoms with Crippen molar-refractivity contribution in [3.05, 3.63) is 70.0 Å². The van der Waals surface area contributed by atoms with Crippen molar-refractivity contribution in [2.75, 3.05) is 6.54 Å². The molecule has 5 heteroatoms. The summed E-state index contributed by atoms with van der Waals surface area (Å²) >= 11 is 5.85. The van der Waals surface area contributed by atoms with Crippen LogP contribution in [0.4, 0.5) is 4.39 Å². The number of carbonyl (C=O) groups excluding carboxylic acids is 1. The van der Waals surface area contributed by atoms with Gasteiger partial charge >= 0.3 is 0 Å². The number of nitrogens with one attached hydrogen (secondary N) is 1. The van der Waals surface area contributed by atoms with Gasteiger partial charge < -0.3 is 11.1 Å². The van der Waals surface area contributed by atoms with Crippen LogP contribution in [0.3, 0.4) is 0 Å². The minimum absolute atomic E-state index is 0.103. The Kier molecular flexibility index (Phi) is 5.31. The maximum absolute atomic E-state index is 12.9. The normalized spacial score (nSPS) is 10.4. The van der Waals surface area contributed by atoms with Crippen molar-refractivity contribution >= 4 is 17.5 Å². The molecule has 0 bridgehead atoms. The number of benzene rings is 2. The van der Waals surface area contributed by atoms with Gasteiger partial charge in [-0.3, -0.25) is 4.79 Å². The number of hydrogen-bond donors (Lipinski definition) is 2. The van der Waals surface area contributed by atoms with Gasteiger partial charge in [-0.05, 0) is 42.3 Å². The molecule has 21 heavy (non-hydrogen) atoms. The van der Waals surface area contributed by atoms with Crippen molar-refractivity contribution in [3.8, 4) is 0 Å². The van der Waals surface area contributed by atoms with Crippen LogP contribution in [-0.4, -0.2) is 12.5 Å². The Labute approximate surface area is 127 Å². The van der Waals surface area contributed by atoms with E-state index in [1.165, 1.54) is 12.1 Å². The molecule has 0 fully saturated rings. The molecule has 1 amide bonds. The van der Waals surface area contributed by atoms with E-state index in [-0.39, 0.29) is 16.5 Å². The summed E-state index contributed by atoms with van der Waals surface area (Å²) in [6.07, 6.45) is 0.831. The molecule has 0 aliphatic carbocycles. The first-order valence-electron chi connectivity index (χ1n) is 6.61. The highest BCUT2D eigenvalue weighted by Gasteiger charge is 2.10. The highest BCUT2D eigenvalue weighted by molar-refractivity contribution is 6.33. The van der Waals surface area contributed by atoms with Gasteiger partial charge in [-0.25, -0.2) is 4.39 Å². The van der Waals surface area contributed by atoms with Crippen LogP contribution < -0.4 is 11.1 Å². The summed E-state index contributed by atoms with van der Waals surface area (Å²) in [6.45, 7) is 0.995. The van der Waals surface area contributed by atoms with Crippen molar-refractivity contribution in [2.45, 2.75) is 13.0 Å². The minimum atomic E-state index is -0.466. The lowest BCUT2D eigenvalue weighted by Crippen LogP contribution is -2.23. The Morgan fingerprint density at radius 1 is 1.14 bits per heavy atom. The molecule has 0 saturated carbocycles. The molecular weight excluding hydrogens is 291 g/mol. The van der Waals surface area contributed by atoms with E-state index >= 15 is 0 Å². The van der Waals surface area contributed by atoms with Crippen molar-refractivity contribution in [1.29, 1.82) is 0 Å². The molecule has 2 aromatic rings. The van der Waals surface area contributed by atoms with Crippen LogP contribution >= 0.6 is 11.6 Å². The summed E-state index contributed by atoms with van der Waals surface area (Å²) in [4.78, 5) is 12.0. The zero-order valence-electron chi connectivity index (χ0n) is 11.4. The first-order chi connectivity index (χ1) is 10.1. The molecule has 0 spiro atoms. The summed E-state index contributed by atoms with van der Waals surface area (Å²) in [7, 11) is 0. The van der Waals surface area contributed by atoms with Gasteiger partial charge in [0.1, 0.15) is 5.82 Å². The average Bonchev–Trinajstić information content (AvgIpc) is 2.46. The molecule has 0 aliphatic heterocycles. The monoisotopic (exact) mass is 306 g/mol. The summed E-state index contributed by atoms with van der Waals surface area (Å²) in [5, 5.41) is 2.86. The molecule has 0 radical (unpaired) electrons. The first-order valence-corrected chi connectivity index (χ1v) is 6.99. The fourth-order valence-electron chi connectivity index (χ4n) is 1.94. The zero-order valence-corrected chi connectivity index (χ0v) is 12.2. The fourth-order valence-corrected chi connectivity index (χ4v) is 2.19. The Hall–Kier alpha value is -1.91. The van der Waals surface area contributed by atoms with E-state index in [2.05, 4.69) is 5.32 Å². The topological polar surface area (TPSA) is 55.1 Å². The van der Waals surface area contributed by atoms with Crippen LogP contribution in [0.1, 0.15) is 21.5 Å². The van der Waals surface area contributed by atoms with Gasteiger partial charge in [0, 0.05) is 6.54 Å². The second kappa shape index (κ2) is 7.20. The molecule has 110 valence electrons. The number of nitrogens with two attached hydrogens (primary N) is 1. The molecule has 3 N–H and O–H groups in total. The third-order valence-electron chi connectivity index (χ3n) is 3.08. The smallest absolute Gasteiger partial charge is 0.253 e. The SMILES string of the molecule is NCCc1ccc(CNC(=O)c2ccc(F)cc2Cl)cc1. The van der Waals surface area contributed by atoms with Gasteiger partial charge in [0.15, 0.2) is 0 Å².